The van der Waals surface area contributed by atoms with Crippen molar-refractivity contribution in [1.82, 2.24) is 15.3 Å². The minimum atomic E-state index is -0.454. The summed E-state index contributed by atoms with van der Waals surface area (Å²) in [6.45, 7) is 0.289. The Bertz CT molecular complexity index is 1150. The number of hydrogen-bond donors (Lipinski definition) is 1. The van der Waals surface area contributed by atoms with E-state index in [0.717, 1.165) is 5.56 Å². The summed E-state index contributed by atoms with van der Waals surface area (Å²) in [6.07, 6.45) is 3.31. The molecule has 2 heterocycles. The summed E-state index contributed by atoms with van der Waals surface area (Å²) in [5.74, 6) is -1.17. The maximum atomic E-state index is 13.8. The van der Waals surface area contributed by atoms with Crippen LogP contribution in [0.5, 0.6) is 0 Å². The van der Waals surface area contributed by atoms with Crippen molar-refractivity contribution in [3.8, 4) is 11.3 Å². The number of aromatic nitrogens is 2. The van der Waals surface area contributed by atoms with Crippen molar-refractivity contribution in [2.24, 2.45) is 0 Å². The zero-order valence-corrected chi connectivity index (χ0v) is 14.7. The fourth-order valence-corrected chi connectivity index (χ4v) is 2.93. The lowest BCUT2D eigenvalue weighted by atomic mass is 10.0. The van der Waals surface area contributed by atoms with Crippen LogP contribution in [-0.2, 0) is 6.54 Å². The van der Waals surface area contributed by atoms with E-state index in [9.17, 15) is 13.6 Å². The number of nitrogens with one attached hydrogen (secondary N) is 1. The number of pyridine rings is 2. The topological polar surface area (TPSA) is 54.9 Å². The van der Waals surface area contributed by atoms with Gasteiger partial charge in [0.15, 0.2) is 0 Å². The van der Waals surface area contributed by atoms with Gasteiger partial charge in [-0.25, -0.2) is 13.8 Å². The summed E-state index contributed by atoms with van der Waals surface area (Å²) >= 11 is 0. The Kier molecular flexibility index (Phi) is 4.76. The molecule has 0 fully saturated rings. The van der Waals surface area contributed by atoms with Crippen LogP contribution in [0.2, 0.25) is 0 Å². The second kappa shape index (κ2) is 7.52. The lowest BCUT2D eigenvalue weighted by molar-refractivity contribution is 0.0952. The van der Waals surface area contributed by atoms with Gasteiger partial charge in [-0.2, -0.15) is 0 Å². The molecule has 4 aromatic rings. The average molecular weight is 375 g/mol. The second-order valence-electron chi connectivity index (χ2n) is 6.27. The number of halogens is 2. The standard InChI is InChI=1S/C22H15F2N3O/c23-16-5-3-15(4-6-16)21-11-19(18-10-17(24)7-8-20(18)27-21)22(28)26-13-14-2-1-9-25-12-14/h1-12H,13H2,(H,26,28). The molecule has 138 valence electrons. The van der Waals surface area contributed by atoms with Gasteiger partial charge < -0.3 is 5.32 Å². The number of amides is 1. The van der Waals surface area contributed by atoms with Gasteiger partial charge in [0.05, 0.1) is 16.8 Å². The predicted octanol–water partition coefficient (Wildman–Crippen LogP) is 4.51. The van der Waals surface area contributed by atoms with Crippen molar-refractivity contribution in [3.05, 3.63) is 95.8 Å². The van der Waals surface area contributed by atoms with E-state index in [1.54, 1.807) is 36.7 Å². The van der Waals surface area contributed by atoms with Gasteiger partial charge >= 0.3 is 0 Å². The van der Waals surface area contributed by atoms with Gasteiger partial charge in [0.25, 0.3) is 5.91 Å². The highest BCUT2D eigenvalue weighted by Crippen LogP contribution is 2.26. The van der Waals surface area contributed by atoms with Crippen LogP contribution in [0, 0.1) is 11.6 Å². The highest BCUT2D eigenvalue weighted by molar-refractivity contribution is 6.07. The van der Waals surface area contributed by atoms with Crippen LogP contribution in [0.3, 0.4) is 0 Å². The Morgan fingerprint density at radius 1 is 0.964 bits per heavy atom. The Hall–Kier alpha value is -3.67. The summed E-state index contributed by atoms with van der Waals surface area (Å²) in [5.41, 5.74) is 2.79. The van der Waals surface area contributed by atoms with Crippen molar-refractivity contribution in [2.75, 3.05) is 0 Å². The minimum Gasteiger partial charge on any atom is -0.348 e. The average Bonchev–Trinajstić information content (AvgIpc) is 2.72. The fourth-order valence-electron chi connectivity index (χ4n) is 2.93. The van der Waals surface area contributed by atoms with E-state index in [1.807, 2.05) is 6.07 Å². The van der Waals surface area contributed by atoms with E-state index in [2.05, 4.69) is 15.3 Å². The molecule has 0 aliphatic heterocycles. The SMILES string of the molecule is O=C(NCc1cccnc1)c1cc(-c2ccc(F)cc2)nc2ccc(F)cc12. The molecule has 6 heteroatoms. The van der Waals surface area contributed by atoms with E-state index in [4.69, 9.17) is 0 Å². The first-order valence-electron chi connectivity index (χ1n) is 8.63. The zero-order chi connectivity index (χ0) is 19.5. The van der Waals surface area contributed by atoms with Gasteiger partial charge in [0, 0.05) is 29.9 Å². The minimum absolute atomic E-state index is 0.289. The lowest BCUT2D eigenvalue weighted by Gasteiger charge is -2.11. The van der Waals surface area contributed by atoms with Crippen molar-refractivity contribution in [2.45, 2.75) is 6.54 Å². The molecule has 2 aromatic carbocycles. The molecule has 1 N–H and O–H groups in total. The van der Waals surface area contributed by atoms with Crippen LogP contribution >= 0.6 is 0 Å². The van der Waals surface area contributed by atoms with Crippen molar-refractivity contribution in [1.29, 1.82) is 0 Å². The predicted molar refractivity (Wildman–Crippen MR) is 103 cm³/mol. The Labute approximate surface area is 159 Å². The van der Waals surface area contributed by atoms with Crippen molar-refractivity contribution >= 4 is 16.8 Å². The van der Waals surface area contributed by atoms with Gasteiger partial charge in [0.2, 0.25) is 0 Å². The number of carbonyl (C=O) groups excluding carboxylic acids is 1. The second-order valence-corrected chi connectivity index (χ2v) is 6.27. The van der Waals surface area contributed by atoms with Crippen LogP contribution in [-0.4, -0.2) is 15.9 Å². The van der Waals surface area contributed by atoms with Gasteiger partial charge in [-0.1, -0.05) is 6.07 Å². The number of benzene rings is 2. The van der Waals surface area contributed by atoms with Gasteiger partial charge in [-0.15, -0.1) is 0 Å². The van der Waals surface area contributed by atoms with E-state index in [-0.39, 0.29) is 18.3 Å². The molecule has 28 heavy (non-hydrogen) atoms. The molecule has 0 aliphatic carbocycles. The molecule has 1 amide bonds. The van der Waals surface area contributed by atoms with Crippen LogP contribution in [0.25, 0.3) is 22.2 Å². The third-order valence-corrected chi connectivity index (χ3v) is 4.33. The molecule has 4 rings (SSSR count). The number of rotatable bonds is 4. The monoisotopic (exact) mass is 375 g/mol. The largest absolute Gasteiger partial charge is 0.348 e. The molecular weight excluding hydrogens is 360 g/mol. The zero-order valence-electron chi connectivity index (χ0n) is 14.7. The molecule has 0 unspecified atom stereocenters. The van der Waals surface area contributed by atoms with Crippen LogP contribution < -0.4 is 5.32 Å². The van der Waals surface area contributed by atoms with E-state index >= 15 is 0 Å². The quantitative estimate of drug-likeness (QED) is 0.571. The number of hydrogen-bond acceptors (Lipinski definition) is 3. The van der Waals surface area contributed by atoms with E-state index in [0.29, 0.717) is 27.7 Å². The Balaban J connectivity index is 1.75. The highest BCUT2D eigenvalue weighted by atomic mass is 19.1. The molecule has 4 nitrogen and oxygen atoms in total. The Morgan fingerprint density at radius 2 is 1.75 bits per heavy atom. The van der Waals surface area contributed by atoms with Gasteiger partial charge in [-0.05, 0) is 60.2 Å². The van der Waals surface area contributed by atoms with Crippen LogP contribution in [0.15, 0.2) is 73.1 Å². The summed E-state index contributed by atoms with van der Waals surface area (Å²) in [7, 11) is 0. The maximum absolute atomic E-state index is 13.8. The molecule has 2 aromatic heterocycles. The van der Waals surface area contributed by atoms with Crippen molar-refractivity contribution < 1.29 is 13.6 Å². The molecular formula is C22H15F2N3O. The first-order valence-corrected chi connectivity index (χ1v) is 8.63. The van der Waals surface area contributed by atoms with Gasteiger partial charge in [-0.3, -0.25) is 9.78 Å². The maximum Gasteiger partial charge on any atom is 0.252 e. The Morgan fingerprint density at radius 3 is 2.50 bits per heavy atom. The van der Waals surface area contributed by atoms with Crippen molar-refractivity contribution in [3.63, 3.8) is 0 Å². The third kappa shape index (κ3) is 3.71. The van der Waals surface area contributed by atoms with Crippen LogP contribution in [0.1, 0.15) is 15.9 Å². The molecule has 0 aliphatic rings. The van der Waals surface area contributed by atoms with E-state index < -0.39 is 5.82 Å². The van der Waals surface area contributed by atoms with Gasteiger partial charge in [0.1, 0.15) is 11.6 Å². The third-order valence-electron chi connectivity index (χ3n) is 4.33. The molecule has 0 saturated carbocycles. The molecule has 0 saturated heterocycles. The molecule has 0 atom stereocenters. The summed E-state index contributed by atoms with van der Waals surface area (Å²) in [6, 6.07) is 15.2. The number of carbonyl (C=O) groups is 1. The summed E-state index contributed by atoms with van der Waals surface area (Å²) in [4.78, 5) is 21.4. The highest BCUT2D eigenvalue weighted by Gasteiger charge is 2.15. The summed E-state index contributed by atoms with van der Waals surface area (Å²) in [5, 5.41) is 3.24. The molecule has 0 radical (unpaired) electrons. The molecule has 0 spiro atoms. The van der Waals surface area contributed by atoms with Crippen LogP contribution in [0.4, 0.5) is 8.78 Å². The normalized spacial score (nSPS) is 10.8. The molecule has 0 bridgehead atoms. The first kappa shape index (κ1) is 17.7. The first-order chi connectivity index (χ1) is 13.6. The van der Waals surface area contributed by atoms with E-state index in [1.165, 1.54) is 30.3 Å². The lowest BCUT2D eigenvalue weighted by Crippen LogP contribution is -2.23. The smallest absolute Gasteiger partial charge is 0.252 e. The number of fused-ring (bicyclic) bond motifs is 1. The summed E-state index contributed by atoms with van der Waals surface area (Å²) < 4.78 is 27.0. The fraction of sp³-hybridized carbons (Fsp3) is 0.0455. The number of nitrogens with zero attached hydrogens (tertiary/aromatic N) is 2.